The van der Waals surface area contributed by atoms with Crippen molar-refractivity contribution >= 4 is 27.5 Å². The lowest BCUT2D eigenvalue weighted by atomic mass is 10.0. The lowest BCUT2D eigenvalue weighted by Gasteiger charge is -2.26. The Morgan fingerprint density at radius 3 is 2.90 bits per heavy atom. The number of benzene rings is 1. The SMILES string of the molecule is Cc1ccc(C(=O)NC2CC2)cc1-c1cc2cnc(CCN3CCOCC3)nc2s1. The van der Waals surface area contributed by atoms with Crippen LogP contribution in [-0.2, 0) is 11.2 Å². The van der Waals surface area contributed by atoms with E-state index in [4.69, 9.17) is 9.72 Å². The van der Waals surface area contributed by atoms with E-state index in [0.717, 1.165) is 89.7 Å². The maximum atomic E-state index is 12.5. The van der Waals surface area contributed by atoms with Gasteiger partial charge in [0, 0.05) is 54.1 Å². The first-order valence-corrected chi connectivity index (χ1v) is 11.4. The van der Waals surface area contributed by atoms with Crippen molar-refractivity contribution in [1.29, 1.82) is 0 Å². The molecule has 2 fully saturated rings. The van der Waals surface area contributed by atoms with Gasteiger partial charge in [-0.2, -0.15) is 0 Å². The van der Waals surface area contributed by atoms with Gasteiger partial charge in [-0.1, -0.05) is 6.07 Å². The summed E-state index contributed by atoms with van der Waals surface area (Å²) in [6.45, 7) is 6.63. The van der Waals surface area contributed by atoms with E-state index in [2.05, 4.69) is 28.2 Å². The maximum absolute atomic E-state index is 12.5. The van der Waals surface area contributed by atoms with Crippen molar-refractivity contribution in [3.63, 3.8) is 0 Å². The predicted octanol–water partition coefficient (Wildman–Crippen LogP) is 3.43. The van der Waals surface area contributed by atoms with Crippen molar-refractivity contribution in [2.45, 2.75) is 32.2 Å². The van der Waals surface area contributed by atoms with Gasteiger partial charge in [0.2, 0.25) is 0 Å². The normalized spacial score (nSPS) is 17.4. The molecule has 1 aliphatic carbocycles. The second-order valence-corrected chi connectivity index (χ2v) is 9.17. The molecule has 1 aliphatic heterocycles. The molecule has 0 atom stereocenters. The quantitative estimate of drug-likeness (QED) is 0.659. The minimum Gasteiger partial charge on any atom is -0.379 e. The van der Waals surface area contributed by atoms with Crippen molar-refractivity contribution in [2.24, 2.45) is 0 Å². The molecule has 1 saturated carbocycles. The smallest absolute Gasteiger partial charge is 0.251 e. The minimum absolute atomic E-state index is 0.0186. The lowest BCUT2D eigenvalue weighted by molar-refractivity contribution is 0.0382. The van der Waals surface area contributed by atoms with Gasteiger partial charge in [-0.25, -0.2) is 9.97 Å². The summed E-state index contributed by atoms with van der Waals surface area (Å²) in [5.74, 6) is 0.904. The van der Waals surface area contributed by atoms with Crippen LogP contribution >= 0.6 is 11.3 Å². The first-order chi connectivity index (χ1) is 14.7. The second kappa shape index (κ2) is 8.41. The maximum Gasteiger partial charge on any atom is 0.251 e. The van der Waals surface area contributed by atoms with Crippen LogP contribution in [0.3, 0.4) is 0 Å². The van der Waals surface area contributed by atoms with Crippen LogP contribution in [-0.4, -0.2) is 59.7 Å². The number of amides is 1. The molecular weight excluding hydrogens is 396 g/mol. The number of carbonyl (C=O) groups excluding carboxylic acids is 1. The molecule has 0 unspecified atom stereocenters. The van der Waals surface area contributed by atoms with Crippen LogP contribution in [0.15, 0.2) is 30.5 Å². The fraction of sp³-hybridized carbons (Fsp3) is 0.435. The van der Waals surface area contributed by atoms with E-state index >= 15 is 0 Å². The Hall–Kier alpha value is -2.35. The number of carbonyl (C=O) groups is 1. The molecule has 3 heterocycles. The highest BCUT2D eigenvalue weighted by molar-refractivity contribution is 7.21. The molecule has 156 valence electrons. The van der Waals surface area contributed by atoms with Crippen LogP contribution in [0.2, 0.25) is 0 Å². The number of hydrogen-bond acceptors (Lipinski definition) is 6. The van der Waals surface area contributed by atoms with Crippen molar-refractivity contribution in [1.82, 2.24) is 20.2 Å². The van der Waals surface area contributed by atoms with Crippen LogP contribution in [0.1, 0.15) is 34.6 Å². The van der Waals surface area contributed by atoms with Gasteiger partial charge in [0.15, 0.2) is 0 Å². The number of rotatable bonds is 6. The molecule has 0 spiro atoms. The number of aromatic nitrogens is 2. The van der Waals surface area contributed by atoms with E-state index < -0.39 is 0 Å². The van der Waals surface area contributed by atoms with E-state index in [9.17, 15) is 4.79 Å². The van der Waals surface area contributed by atoms with Crippen molar-refractivity contribution in [2.75, 3.05) is 32.8 Å². The topological polar surface area (TPSA) is 67.4 Å². The zero-order valence-corrected chi connectivity index (χ0v) is 18.0. The molecule has 6 nitrogen and oxygen atoms in total. The van der Waals surface area contributed by atoms with E-state index in [1.165, 1.54) is 0 Å². The largest absolute Gasteiger partial charge is 0.379 e. The molecule has 5 rings (SSSR count). The standard InChI is InChI=1S/C23H26N4O2S/c1-15-2-3-16(22(28)25-18-4-5-18)12-19(15)20-13-17-14-24-21(26-23(17)30-20)6-7-27-8-10-29-11-9-27/h2-3,12-14,18H,4-11H2,1H3,(H,25,28). The summed E-state index contributed by atoms with van der Waals surface area (Å²) in [5.41, 5.74) is 2.97. The fourth-order valence-corrected chi connectivity index (χ4v) is 4.83. The highest BCUT2D eigenvalue weighted by atomic mass is 32.1. The molecule has 1 amide bonds. The molecule has 0 radical (unpaired) electrons. The van der Waals surface area contributed by atoms with E-state index in [1.54, 1.807) is 11.3 Å². The van der Waals surface area contributed by atoms with Crippen molar-refractivity contribution in [3.8, 4) is 10.4 Å². The average Bonchev–Trinajstić information content (AvgIpc) is 3.48. The molecule has 2 aliphatic rings. The fourth-order valence-electron chi connectivity index (χ4n) is 3.73. The molecule has 2 aromatic heterocycles. The number of fused-ring (bicyclic) bond motifs is 1. The van der Waals surface area contributed by atoms with E-state index in [-0.39, 0.29) is 5.91 Å². The zero-order chi connectivity index (χ0) is 20.5. The summed E-state index contributed by atoms with van der Waals surface area (Å²) < 4.78 is 5.41. The molecule has 3 aromatic rings. The molecular formula is C23H26N4O2S. The van der Waals surface area contributed by atoms with Crippen molar-refractivity contribution in [3.05, 3.63) is 47.4 Å². The van der Waals surface area contributed by atoms with E-state index in [0.29, 0.717) is 6.04 Å². The summed E-state index contributed by atoms with van der Waals surface area (Å²) in [5, 5.41) is 4.13. The highest BCUT2D eigenvalue weighted by Crippen LogP contribution is 2.34. The number of aryl methyl sites for hydroxylation is 1. The molecule has 0 bridgehead atoms. The van der Waals surface area contributed by atoms with Gasteiger partial charge in [0.05, 0.1) is 13.2 Å². The summed E-state index contributed by atoms with van der Waals surface area (Å²) >= 11 is 1.67. The number of thiophene rings is 1. The van der Waals surface area contributed by atoms with Gasteiger partial charge in [0.25, 0.3) is 5.91 Å². The summed E-state index contributed by atoms with van der Waals surface area (Å²) in [6, 6.07) is 8.44. The Morgan fingerprint density at radius 2 is 2.10 bits per heavy atom. The highest BCUT2D eigenvalue weighted by Gasteiger charge is 2.24. The monoisotopic (exact) mass is 422 g/mol. The Labute approximate surface area is 180 Å². The molecule has 1 N–H and O–H groups in total. The number of morpholine rings is 1. The average molecular weight is 423 g/mol. The first-order valence-electron chi connectivity index (χ1n) is 10.6. The third-order valence-corrected chi connectivity index (χ3v) is 6.83. The van der Waals surface area contributed by atoms with Crippen LogP contribution in [0.4, 0.5) is 0 Å². The number of nitrogens with one attached hydrogen (secondary N) is 1. The predicted molar refractivity (Wildman–Crippen MR) is 119 cm³/mol. The third-order valence-electron chi connectivity index (χ3n) is 5.76. The minimum atomic E-state index is 0.0186. The van der Waals surface area contributed by atoms with Gasteiger partial charge in [-0.15, -0.1) is 11.3 Å². The van der Waals surface area contributed by atoms with Crippen LogP contribution in [0, 0.1) is 6.92 Å². The number of ether oxygens (including phenoxy) is 1. The summed E-state index contributed by atoms with van der Waals surface area (Å²) in [4.78, 5) is 26.4. The van der Waals surface area contributed by atoms with Gasteiger partial charge >= 0.3 is 0 Å². The Bertz CT molecular complexity index is 1070. The summed E-state index contributed by atoms with van der Waals surface area (Å²) in [7, 11) is 0. The molecule has 1 saturated heterocycles. The van der Waals surface area contributed by atoms with Gasteiger partial charge in [0.1, 0.15) is 10.7 Å². The van der Waals surface area contributed by atoms with Crippen LogP contribution in [0.5, 0.6) is 0 Å². The van der Waals surface area contributed by atoms with Crippen LogP contribution < -0.4 is 5.32 Å². The van der Waals surface area contributed by atoms with Crippen LogP contribution in [0.25, 0.3) is 20.7 Å². The first kappa shape index (κ1) is 19.6. The molecule has 30 heavy (non-hydrogen) atoms. The molecule has 7 heteroatoms. The summed E-state index contributed by atoms with van der Waals surface area (Å²) in [6.07, 6.45) is 4.95. The second-order valence-electron chi connectivity index (χ2n) is 8.14. The van der Waals surface area contributed by atoms with E-state index in [1.807, 2.05) is 24.4 Å². The van der Waals surface area contributed by atoms with Gasteiger partial charge in [-0.3, -0.25) is 9.69 Å². The van der Waals surface area contributed by atoms with Crippen molar-refractivity contribution < 1.29 is 9.53 Å². The molecule has 1 aromatic carbocycles. The zero-order valence-electron chi connectivity index (χ0n) is 17.2. The Morgan fingerprint density at radius 1 is 1.27 bits per heavy atom. The Kier molecular flexibility index (Phi) is 5.50. The van der Waals surface area contributed by atoms with Gasteiger partial charge < -0.3 is 10.1 Å². The van der Waals surface area contributed by atoms with Gasteiger partial charge in [-0.05, 0) is 49.1 Å². The number of nitrogens with zero attached hydrogens (tertiary/aromatic N) is 3. The lowest BCUT2D eigenvalue weighted by Crippen LogP contribution is -2.37. The number of hydrogen-bond donors (Lipinski definition) is 1. The Balaban J connectivity index is 1.36. The third kappa shape index (κ3) is 4.38.